The molecule has 0 bridgehead atoms. The monoisotopic (exact) mass is 647 g/mol. The van der Waals surface area contributed by atoms with Crippen LogP contribution in [0.3, 0.4) is 0 Å². The first-order valence-corrected chi connectivity index (χ1v) is 16.7. The maximum Gasteiger partial charge on any atom is 0.341 e. The van der Waals surface area contributed by atoms with Gasteiger partial charge in [-0.05, 0) is 61.6 Å². The van der Waals surface area contributed by atoms with Crippen LogP contribution in [-0.4, -0.2) is 48.0 Å². The van der Waals surface area contributed by atoms with Crippen LogP contribution in [0.2, 0.25) is 0 Å². The molecule has 1 aliphatic carbocycles. The standard InChI is InChI=1S/C32H29N3O6S3/c1-4-41-31(38)27-21(18-13-14-22(39-2)23(15-18)40-3)16-42-28(27)33-25(36)17-43-32-34-29-26(20-11-8-12-24(20)44-29)30(37)35(32)19-9-6-5-7-10-19/h5-7,9-10,13-16H,4,8,11-12,17H2,1-3H3,(H,33,36). The number of methoxy groups -OCH3 is 2. The molecule has 6 rings (SSSR count). The smallest absolute Gasteiger partial charge is 0.341 e. The number of esters is 1. The minimum atomic E-state index is -0.544. The molecule has 2 aromatic carbocycles. The third kappa shape index (κ3) is 5.60. The lowest BCUT2D eigenvalue weighted by Crippen LogP contribution is -2.23. The van der Waals surface area contributed by atoms with E-state index in [-0.39, 0.29) is 29.4 Å². The van der Waals surface area contributed by atoms with Crippen LogP contribution in [0.15, 0.2) is 63.9 Å². The van der Waals surface area contributed by atoms with Crippen LogP contribution in [0.5, 0.6) is 11.5 Å². The number of thiophene rings is 2. The molecule has 0 unspecified atom stereocenters. The summed E-state index contributed by atoms with van der Waals surface area (Å²) < 4.78 is 17.7. The zero-order chi connectivity index (χ0) is 30.8. The van der Waals surface area contributed by atoms with Gasteiger partial charge in [-0.15, -0.1) is 22.7 Å². The van der Waals surface area contributed by atoms with E-state index in [9.17, 15) is 14.4 Å². The quantitative estimate of drug-likeness (QED) is 0.103. The van der Waals surface area contributed by atoms with Gasteiger partial charge in [-0.1, -0.05) is 36.0 Å². The van der Waals surface area contributed by atoms with Crippen molar-refractivity contribution in [2.75, 3.05) is 31.9 Å². The number of nitrogens with zero attached hydrogens (tertiary/aromatic N) is 2. The third-order valence-corrected chi connectivity index (χ3v) is 10.3. The number of aryl methyl sites for hydroxylation is 2. The summed E-state index contributed by atoms with van der Waals surface area (Å²) in [5, 5.41) is 6.18. The molecule has 5 aromatic rings. The van der Waals surface area contributed by atoms with E-state index in [1.54, 1.807) is 54.6 Å². The van der Waals surface area contributed by atoms with Gasteiger partial charge in [0, 0.05) is 15.8 Å². The Morgan fingerprint density at radius 3 is 2.61 bits per heavy atom. The molecule has 1 amide bonds. The number of rotatable bonds is 10. The van der Waals surface area contributed by atoms with Crippen LogP contribution in [0.1, 0.15) is 34.1 Å². The molecule has 226 valence electrons. The summed E-state index contributed by atoms with van der Waals surface area (Å²) in [7, 11) is 3.09. The number of nitrogens with one attached hydrogen (secondary N) is 1. The highest BCUT2D eigenvalue weighted by atomic mass is 32.2. The second kappa shape index (κ2) is 12.8. The van der Waals surface area contributed by atoms with Crippen molar-refractivity contribution in [1.82, 2.24) is 9.55 Å². The molecule has 1 aliphatic rings. The van der Waals surface area contributed by atoms with Crippen LogP contribution in [-0.2, 0) is 22.4 Å². The zero-order valence-corrected chi connectivity index (χ0v) is 26.7. The number of thioether (sulfide) groups is 1. The van der Waals surface area contributed by atoms with E-state index in [1.165, 1.54) is 28.0 Å². The lowest BCUT2D eigenvalue weighted by Gasteiger charge is -2.13. The fourth-order valence-electron chi connectivity index (χ4n) is 5.29. The second-order valence-corrected chi connectivity index (χ2v) is 12.8. The molecule has 44 heavy (non-hydrogen) atoms. The predicted molar refractivity (Wildman–Crippen MR) is 175 cm³/mol. The van der Waals surface area contributed by atoms with Gasteiger partial charge in [0.1, 0.15) is 15.4 Å². The maximum absolute atomic E-state index is 13.9. The van der Waals surface area contributed by atoms with Gasteiger partial charge in [-0.2, -0.15) is 0 Å². The lowest BCUT2D eigenvalue weighted by atomic mass is 10.0. The van der Waals surface area contributed by atoms with Gasteiger partial charge in [0.05, 0.1) is 37.7 Å². The second-order valence-electron chi connectivity index (χ2n) is 9.89. The summed E-state index contributed by atoms with van der Waals surface area (Å²) in [4.78, 5) is 47.1. The number of ether oxygens (including phenoxy) is 3. The number of aromatic nitrogens is 2. The normalized spacial score (nSPS) is 12.2. The number of hydrogen-bond donors (Lipinski definition) is 1. The van der Waals surface area contributed by atoms with Gasteiger partial charge in [0.25, 0.3) is 5.56 Å². The number of benzene rings is 2. The molecule has 3 heterocycles. The van der Waals surface area contributed by atoms with E-state index in [1.807, 2.05) is 36.4 Å². The summed E-state index contributed by atoms with van der Waals surface area (Å²) >= 11 is 3.98. The zero-order valence-electron chi connectivity index (χ0n) is 24.3. The highest BCUT2D eigenvalue weighted by Crippen LogP contribution is 2.40. The molecule has 9 nitrogen and oxygen atoms in total. The molecular weight excluding hydrogens is 619 g/mol. The van der Waals surface area contributed by atoms with E-state index in [2.05, 4.69) is 5.32 Å². The van der Waals surface area contributed by atoms with Crippen molar-refractivity contribution >= 4 is 61.5 Å². The predicted octanol–water partition coefficient (Wildman–Crippen LogP) is 6.59. The number of anilines is 1. The van der Waals surface area contributed by atoms with Crippen molar-refractivity contribution in [3.63, 3.8) is 0 Å². The summed E-state index contributed by atoms with van der Waals surface area (Å²) in [6.07, 6.45) is 2.88. The fraction of sp³-hybridized carbons (Fsp3) is 0.250. The topological polar surface area (TPSA) is 109 Å². The molecule has 1 N–H and O–H groups in total. The van der Waals surface area contributed by atoms with Gasteiger partial charge in [-0.25, -0.2) is 9.78 Å². The summed E-state index contributed by atoms with van der Waals surface area (Å²) in [5.74, 6) is 0.156. The van der Waals surface area contributed by atoms with Gasteiger partial charge in [-0.3, -0.25) is 14.2 Å². The number of para-hydroxylation sites is 1. The van der Waals surface area contributed by atoms with Crippen LogP contribution >= 0.6 is 34.4 Å². The number of amides is 1. The first-order chi connectivity index (χ1) is 21.4. The number of carbonyl (C=O) groups is 2. The molecular formula is C32H29N3O6S3. The summed E-state index contributed by atoms with van der Waals surface area (Å²) in [6, 6.07) is 14.7. The van der Waals surface area contributed by atoms with Crippen molar-refractivity contribution in [1.29, 1.82) is 0 Å². The Balaban J connectivity index is 1.30. The van der Waals surface area contributed by atoms with Gasteiger partial charge >= 0.3 is 5.97 Å². The first-order valence-electron chi connectivity index (χ1n) is 14.0. The average Bonchev–Trinajstić information content (AvgIpc) is 3.75. The Kier molecular flexibility index (Phi) is 8.74. The average molecular weight is 648 g/mol. The van der Waals surface area contributed by atoms with Crippen LogP contribution in [0, 0.1) is 0 Å². The van der Waals surface area contributed by atoms with Crippen LogP contribution in [0.25, 0.3) is 27.0 Å². The lowest BCUT2D eigenvalue weighted by molar-refractivity contribution is -0.113. The molecule has 0 saturated carbocycles. The van der Waals surface area contributed by atoms with Crippen LogP contribution in [0.4, 0.5) is 5.00 Å². The molecule has 0 radical (unpaired) electrons. The highest BCUT2D eigenvalue weighted by molar-refractivity contribution is 7.99. The van der Waals surface area contributed by atoms with E-state index < -0.39 is 5.97 Å². The van der Waals surface area contributed by atoms with Crippen LogP contribution < -0.4 is 20.3 Å². The Morgan fingerprint density at radius 2 is 1.86 bits per heavy atom. The number of hydrogen-bond acceptors (Lipinski definition) is 10. The Labute approximate surface area is 265 Å². The third-order valence-electron chi connectivity index (χ3n) is 7.27. The van der Waals surface area contributed by atoms with Crippen molar-refractivity contribution in [3.05, 3.63) is 80.3 Å². The van der Waals surface area contributed by atoms with E-state index in [4.69, 9.17) is 19.2 Å². The molecule has 12 heteroatoms. The Morgan fingerprint density at radius 1 is 1.07 bits per heavy atom. The van der Waals surface area contributed by atoms with Crippen molar-refractivity contribution < 1.29 is 23.8 Å². The van der Waals surface area contributed by atoms with E-state index in [0.29, 0.717) is 48.7 Å². The molecule has 0 spiro atoms. The largest absolute Gasteiger partial charge is 0.493 e. The van der Waals surface area contributed by atoms with Gasteiger partial charge < -0.3 is 19.5 Å². The fourth-order valence-corrected chi connectivity index (χ4v) is 8.38. The summed E-state index contributed by atoms with van der Waals surface area (Å²) in [6.45, 7) is 1.91. The highest BCUT2D eigenvalue weighted by Gasteiger charge is 2.26. The molecule has 0 fully saturated rings. The molecule has 3 aromatic heterocycles. The molecule has 0 saturated heterocycles. The van der Waals surface area contributed by atoms with Gasteiger partial charge in [0.2, 0.25) is 5.91 Å². The minimum absolute atomic E-state index is 0.0261. The van der Waals surface area contributed by atoms with E-state index >= 15 is 0 Å². The van der Waals surface area contributed by atoms with Gasteiger partial charge in [0.15, 0.2) is 16.7 Å². The maximum atomic E-state index is 13.9. The molecule has 0 aliphatic heterocycles. The van der Waals surface area contributed by atoms with E-state index in [0.717, 1.165) is 24.8 Å². The van der Waals surface area contributed by atoms with Crippen molar-refractivity contribution in [2.24, 2.45) is 0 Å². The Bertz CT molecular complexity index is 1930. The summed E-state index contributed by atoms with van der Waals surface area (Å²) in [5.41, 5.74) is 3.26. The van der Waals surface area contributed by atoms with Crippen molar-refractivity contribution in [3.8, 4) is 28.3 Å². The number of carbonyl (C=O) groups excluding carboxylic acids is 2. The van der Waals surface area contributed by atoms with Crippen molar-refractivity contribution in [2.45, 2.75) is 31.3 Å². The first kappa shape index (κ1) is 29.9. The number of fused-ring (bicyclic) bond motifs is 3. The minimum Gasteiger partial charge on any atom is -0.493 e. The Hall–Kier alpha value is -4.13. The molecule has 0 atom stereocenters. The SMILES string of the molecule is CCOC(=O)c1c(-c2ccc(OC)c(OC)c2)csc1NC(=O)CSc1nc2sc3c(c2c(=O)n1-c1ccccc1)CCC3.